The number of aryl methyl sites for hydroxylation is 3. The summed E-state index contributed by atoms with van der Waals surface area (Å²) >= 11 is 0. The second-order valence-electron chi connectivity index (χ2n) is 7.33. The third-order valence-electron chi connectivity index (χ3n) is 5.19. The zero-order valence-electron chi connectivity index (χ0n) is 16.8. The molecule has 2 aromatic heterocycles. The lowest BCUT2D eigenvalue weighted by Crippen LogP contribution is -2.37. The number of imidazole rings is 1. The summed E-state index contributed by atoms with van der Waals surface area (Å²) in [6.07, 6.45) is 3.33. The predicted molar refractivity (Wildman–Crippen MR) is 109 cm³/mol. The van der Waals surface area contributed by atoms with Gasteiger partial charge in [-0.1, -0.05) is 12.1 Å². The standard InChI is InChI=1S/C20H27N5O3/c1-13-11-15(5-6-16(13)26)7-9-21-14(2)8-10-25-12-22-18-17(25)19(27)24(4)20(28)23(18)3/h5-6,11-12,14,21,26H,7-10H2,1-4H3. The van der Waals surface area contributed by atoms with Crippen LogP contribution in [0.3, 0.4) is 0 Å². The summed E-state index contributed by atoms with van der Waals surface area (Å²) in [5, 5.41) is 13.1. The van der Waals surface area contributed by atoms with Crippen LogP contribution in [0.15, 0.2) is 34.1 Å². The van der Waals surface area contributed by atoms with E-state index in [1.165, 1.54) is 17.2 Å². The molecule has 0 saturated heterocycles. The first kappa shape index (κ1) is 19.9. The Morgan fingerprint density at radius 3 is 2.68 bits per heavy atom. The van der Waals surface area contributed by atoms with Crippen molar-refractivity contribution in [3.05, 3.63) is 56.5 Å². The molecule has 150 valence electrons. The van der Waals surface area contributed by atoms with Gasteiger partial charge >= 0.3 is 5.69 Å². The van der Waals surface area contributed by atoms with Gasteiger partial charge in [0.05, 0.1) is 6.33 Å². The van der Waals surface area contributed by atoms with Gasteiger partial charge in [0.25, 0.3) is 5.56 Å². The number of rotatable bonds is 7. The second kappa shape index (κ2) is 8.02. The molecule has 1 unspecified atom stereocenters. The van der Waals surface area contributed by atoms with Crippen LogP contribution in [-0.2, 0) is 27.1 Å². The van der Waals surface area contributed by atoms with Gasteiger partial charge in [-0.05, 0) is 50.4 Å². The summed E-state index contributed by atoms with van der Waals surface area (Å²) in [4.78, 5) is 28.7. The lowest BCUT2D eigenvalue weighted by atomic mass is 10.1. The van der Waals surface area contributed by atoms with Gasteiger partial charge in [0, 0.05) is 26.7 Å². The highest BCUT2D eigenvalue weighted by Gasteiger charge is 2.14. The van der Waals surface area contributed by atoms with Crippen LogP contribution >= 0.6 is 0 Å². The SMILES string of the molecule is Cc1cc(CCNC(C)CCn2cnc3c2c(=O)n(C)c(=O)n3C)ccc1O. The normalized spacial score (nSPS) is 12.6. The Balaban J connectivity index is 1.60. The van der Waals surface area contributed by atoms with E-state index in [0.29, 0.717) is 23.5 Å². The van der Waals surface area contributed by atoms with Crippen molar-refractivity contribution in [1.29, 1.82) is 0 Å². The maximum absolute atomic E-state index is 12.5. The molecular formula is C20H27N5O3. The molecule has 2 heterocycles. The van der Waals surface area contributed by atoms with Gasteiger partial charge in [-0.15, -0.1) is 0 Å². The Hall–Kier alpha value is -2.87. The third-order valence-corrected chi connectivity index (χ3v) is 5.19. The molecule has 1 atom stereocenters. The predicted octanol–water partition coefficient (Wildman–Crippen LogP) is 1.06. The van der Waals surface area contributed by atoms with Gasteiger partial charge in [-0.25, -0.2) is 9.78 Å². The third kappa shape index (κ3) is 3.87. The first-order valence-corrected chi connectivity index (χ1v) is 9.42. The quantitative estimate of drug-likeness (QED) is 0.634. The van der Waals surface area contributed by atoms with Crippen molar-refractivity contribution >= 4 is 11.2 Å². The number of nitrogens with zero attached hydrogens (tertiary/aromatic N) is 4. The second-order valence-corrected chi connectivity index (χ2v) is 7.33. The fourth-order valence-corrected chi connectivity index (χ4v) is 3.34. The number of phenols is 1. The van der Waals surface area contributed by atoms with Gasteiger partial charge in [0.15, 0.2) is 11.2 Å². The molecule has 3 aromatic rings. The molecule has 28 heavy (non-hydrogen) atoms. The van der Waals surface area contributed by atoms with Crippen LogP contribution in [0.2, 0.25) is 0 Å². The highest BCUT2D eigenvalue weighted by Crippen LogP contribution is 2.17. The van der Waals surface area contributed by atoms with E-state index in [-0.39, 0.29) is 17.3 Å². The Morgan fingerprint density at radius 1 is 1.21 bits per heavy atom. The highest BCUT2D eigenvalue weighted by molar-refractivity contribution is 5.69. The molecule has 0 aliphatic carbocycles. The fraction of sp³-hybridized carbons (Fsp3) is 0.450. The first-order chi connectivity index (χ1) is 13.3. The summed E-state index contributed by atoms with van der Waals surface area (Å²) in [7, 11) is 3.10. The lowest BCUT2D eigenvalue weighted by molar-refractivity contribution is 0.470. The number of hydrogen-bond acceptors (Lipinski definition) is 5. The molecule has 0 bridgehead atoms. The van der Waals surface area contributed by atoms with Gasteiger partial charge in [0.2, 0.25) is 0 Å². The molecule has 0 aliphatic heterocycles. The van der Waals surface area contributed by atoms with Crippen molar-refractivity contribution in [1.82, 2.24) is 24.0 Å². The minimum atomic E-state index is -0.373. The van der Waals surface area contributed by atoms with Gasteiger partial charge in [-0.2, -0.15) is 0 Å². The largest absolute Gasteiger partial charge is 0.508 e. The van der Waals surface area contributed by atoms with E-state index < -0.39 is 0 Å². The van der Waals surface area contributed by atoms with Crippen molar-refractivity contribution in [2.75, 3.05) is 6.54 Å². The van der Waals surface area contributed by atoms with Crippen LogP contribution in [-0.4, -0.2) is 36.4 Å². The zero-order valence-corrected chi connectivity index (χ0v) is 16.8. The average Bonchev–Trinajstić information content (AvgIpc) is 3.10. The molecular weight excluding hydrogens is 358 g/mol. The molecule has 0 amide bonds. The zero-order chi connectivity index (χ0) is 20.4. The molecule has 0 fully saturated rings. The summed E-state index contributed by atoms with van der Waals surface area (Å²) in [6, 6.07) is 5.92. The summed E-state index contributed by atoms with van der Waals surface area (Å²) in [5.41, 5.74) is 2.24. The highest BCUT2D eigenvalue weighted by atomic mass is 16.3. The van der Waals surface area contributed by atoms with Gasteiger partial charge in [-0.3, -0.25) is 13.9 Å². The molecule has 0 spiro atoms. The summed E-state index contributed by atoms with van der Waals surface area (Å²) in [5.74, 6) is 0.321. The van der Waals surface area contributed by atoms with E-state index in [1.807, 2.05) is 23.6 Å². The number of phenolic OH excluding ortho intramolecular Hbond substituents is 1. The summed E-state index contributed by atoms with van der Waals surface area (Å²) in [6.45, 7) is 5.46. The number of fused-ring (bicyclic) bond motifs is 1. The number of benzene rings is 1. The van der Waals surface area contributed by atoms with E-state index in [9.17, 15) is 14.7 Å². The molecule has 0 saturated carbocycles. The number of aromatic nitrogens is 4. The fourth-order valence-electron chi connectivity index (χ4n) is 3.34. The van der Waals surface area contributed by atoms with E-state index in [2.05, 4.69) is 17.2 Å². The van der Waals surface area contributed by atoms with E-state index in [1.54, 1.807) is 19.4 Å². The van der Waals surface area contributed by atoms with Crippen molar-refractivity contribution in [2.45, 2.75) is 39.3 Å². The van der Waals surface area contributed by atoms with Crippen LogP contribution in [0.4, 0.5) is 0 Å². The molecule has 2 N–H and O–H groups in total. The minimum Gasteiger partial charge on any atom is -0.508 e. The van der Waals surface area contributed by atoms with Crippen molar-refractivity contribution < 1.29 is 5.11 Å². The number of hydrogen-bond donors (Lipinski definition) is 2. The van der Waals surface area contributed by atoms with Gasteiger partial charge < -0.3 is 15.0 Å². The van der Waals surface area contributed by atoms with E-state index in [0.717, 1.165) is 29.5 Å². The Bertz CT molecular complexity index is 1110. The lowest BCUT2D eigenvalue weighted by Gasteiger charge is -2.15. The Kier molecular flexibility index (Phi) is 5.69. The van der Waals surface area contributed by atoms with E-state index >= 15 is 0 Å². The minimum absolute atomic E-state index is 0.257. The van der Waals surface area contributed by atoms with Crippen molar-refractivity contribution in [3.63, 3.8) is 0 Å². The van der Waals surface area contributed by atoms with Crippen LogP contribution in [0.25, 0.3) is 11.2 Å². The maximum Gasteiger partial charge on any atom is 0.332 e. The first-order valence-electron chi connectivity index (χ1n) is 9.42. The molecule has 8 heteroatoms. The average molecular weight is 385 g/mol. The van der Waals surface area contributed by atoms with Crippen LogP contribution in [0, 0.1) is 6.92 Å². The molecule has 0 radical (unpaired) electrons. The van der Waals surface area contributed by atoms with Crippen molar-refractivity contribution in [2.24, 2.45) is 14.1 Å². The number of nitrogens with one attached hydrogen (secondary N) is 1. The Labute approximate surface area is 163 Å². The van der Waals surface area contributed by atoms with Crippen LogP contribution in [0.5, 0.6) is 5.75 Å². The molecule has 8 nitrogen and oxygen atoms in total. The topological polar surface area (TPSA) is 94.1 Å². The number of aromatic hydroxyl groups is 1. The maximum atomic E-state index is 12.5. The van der Waals surface area contributed by atoms with Gasteiger partial charge in [0.1, 0.15) is 5.75 Å². The molecule has 3 rings (SSSR count). The molecule has 1 aromatic carbocycles. The van der Waals surface area contributed by atoms with E-state index in [4.69, 9.17) is 0 Å². The van der Waals surface area contributed by atoms with Crippen LogP contribution < -0.4 is 16.6 Å². The van der Waals surface area contributed by atoms with Crippen molar-refractivity contribution in [3.8, 4) is 5.75 Å². The molecule has 0 aliphatic rings. The smallest absolute Gasteiger partial charge is 0.332 e. The summed E-state index contributed by atoms with van der Waals surface area (Å²) < 4.78 is 4.33. The Morgan fingerprint density at radius 2 is 1.96 bits per heavy atom. The van der Waals surface area contributed by atoms with Crippen LogP contribution in [0.1, 0.15) is 24.5 Å². The monoisotopic (exact) mass is 385 g/mol.